The first-order valence-corrected chi connectivity index (χ1v) is 19.9. The second-order valence-corrected chi connectivity index (χ2v) is 18.2. The van der Waals surface area contributed by atoms with Crippen molar-refractivity contribution in [1.82, 2.24) is 40.8 Å². The molecule has 17 heteroatoms. The Balaban J connectivity index is -0.000000234. The molecule has 0 atom stereocenters. The third-order valence-corrected chi connectivity index (χ3v) is 8.60. The van der Waals surface area contributed by atoms with E-state index in [-0.39, 0.29) is 93.9 Å². The number of ether oxygens (including phenoxy) is 4. The summed E-state index contributed by atoms with van der Waals surface area (Å²) < 4.78 is 22.0. The minimum absolute atomic E-state index is 0. The van der Waals surface area contributed by atoms with Crippen LogP contribution < -0.4 is 53.6 Å². The zero-order chi connectivity index (χ0) is 44.3. The summed E-state index contributed by atoms with van der Waals surface area (Å²) in [6, 6.07) is 21.3. The van der Waals surface area contributed by atoms with Crippen LogP contribution in [0.2, 0.25) is 5.15 Å². The Kier molecular flexibility index (Phi) is 36.3. The van der Waals surface area contributed by atoms with E-state index in [4.69, 9.17) is 35.7 Å². The van der Waals surface area contributed by atoms with Crippen molar-refractivity contribution in [2.45, 2.75) is 134 Å². The standard InChI is InChI=1S/C16H20N2O2.C9H13IN2O.C9H14N2O.C8H11ClN2.CH3O.3CH4.Na.Pd/c1-16(2,3)14-10-13(15(19-4)18-17-14)20-11-12-8-6-5-7-9-12;1-9(2,3)7-5-6(10)8(13-4)12-11-7;1-9(2,3)7-5-6-8(12-4)11-10-7;1-8(2,3)6-4-5-7(9)11-10-6;1-2;;;;;/h5-10H,11H2,1-4H3;5H,1-4H3;5-6H,1-4H3;4-5H,1-3H3;1H3;3*1H4;;/q;;;;-1;;;;+1;. The largest absolute Gasteiger partial charge is 1.00 e. The molecule has 0 fully saturated rings. The van der Waals surface area contributed by atoms with E-state index in [1.165, 1.54) is 0 Å². The Morgan fingerprint density at radius 2 is 0.937 bits per heavy atom. The normalized spacial score (nSPS) is 10.2. The summed E-state index contributed by atoms with van der Waals surface area (Å²) in [6.07, 6.45) is 0. The number of nitrogens with zero attached hydrogens (tertiary/aromatic N) is 8. The fourth-order valence-corrected chi connectivity index (χ4v) is 4.84. The maximum Gasteiger partial charge on any atom is 1.00 e. The molecule has 0 N–H and O–H groups in total. The van der Waals surface area contributed by atoms with Gasteiger partial charge < -0.3 is 24.1 Å². The van der Waals surface area contributed by atoms with E-state index in [2.05, 4.69) is 146 Å². The van der Waals surface area contributed by atoms with Gasteiger partial charge in [0.15, 0.2) is 10.9 Å². The van der Waals surface area contributed by atoms with Gasteiger partial charge in [0.2, 0.25) is 11.8 Å². The molecule has 5 aromatic rings. The predicted molar refractivity (Wildman–Crippen MR) is 257 cm³/mol. The van der Waals surface area contributed by atoms with Crippen LogP contribution in [0.1, 0.15) is 134 Å². The zero-order valence-electron chi connectivity index (χ0n) is 38.2. The smallest absolute Gasteiger partial charge is 0.857 e. The molecule has 0 aliphatic heterocycles. The Morgan fingerprint density at radius 1 is 0.524 bits per heavy atom. The van der Waals surface area contributed by atoms with E-state index in [1.807, 2.05) is 60.7 Å². The van der Waals surface area contributed by atoms with E-state index < -0.39 is 0 Å². The van der Waals surface area contributed by atoms with Gasteiger partial charge in [0, 0.05) is 54.2 Å². The Bertz CT molecular complexity index is 1930. The van der Waals surface area contributed by atoms with Crippen LogP contribution in [0, 0.1) is 3.57 Å². The summed E-state index contributed by atoms with van der Waals surface area (Å²) in [5.74, 6) is 2.18. The number of hydrogen-bond donors (Lipinski definition) is 0. The predicted octanol–water partition coefficient (Wildman–Crippen LogP) is 7.85. The van der Waals surface area contributed by atoms with E-state index >= 15 is 0 Å². The summed E-state index contributed by atoms with van der Waals surface area (Å²) in [4.78, 5) is 0. The quantitative estimate of drug-likeness (QED) is 0.120. The monoisotopic (exact) mass is 1110 g/mol. The van der Waals surface area contributed by atoms with Crippen LogP contribution in [-0.2, 0) is 48.7 Å². The molecule has 0 unspecified atom stereocenters. The average molecular weight is 1110 g/mol. The zero-order valence-corrected chi connectivity index (χ0v) is 44.7. The average Bonchev–Trinajstić information content (AvgIpc) is 3.17. The molecule has 0 aliphatic rings. The van der Waals surface area contributed by atoms with Crippen molar-refractivity contribution in [2.75, 3.05) is 28.4 Å². The van der Waals surface area contributed by atoms with Crippen LogP contribution in [-0.4, -0.2) is 69.2 Å². The number of aromatic nitrogens is 8. The number of halogens is 2. The maximum atomic E-state index is 8.25. The van der Waals surface area contributed by atoms with Crippen LogP contribution in [0.4, 0.5) is 0 Å². The van der Waals surface area contributed by atoms with E-state index in [1.54, 1.807) is 27.4 Å². The van der Waals surface area contributed by atoms with Crippen molar-refractivity contribution in [3.8, 4) is 23.4 Å². The summed E-state index contributed by atoms with van der Waals surface area (Å²) in [5.41, 5.74) is 4.97. The van der Waals surface area contributed by atoms with Crippen LogP contribution in [0.3, 0.4) is 0 Å². The number of benzene rings is 1. The fraction of sp³-hybridized carbons (Fsp3) is 0.522. The molecule has 63 heavy (non-hydrogen) atoms. The molecule has 4 heterocycles. The molecular formula is C46H73ClIN8NaO5Pd. The van der Waals surface area contributed by atoms with Gasteiger partial charge in [-0.3, -0.25) is 0 Å². The van der Waals surface area contributed by atoms with E-state index in [0.29, 0.717) is 35.1 Å². The van der Waals surface area contributed by atoms with Crippen LogP contribution in [0.15, 0.2) is 66.7 Å². The third-order valence-electron chi connectivity index (χ3n) is 7.62. The molecule has 4 aromatic heterocycles. The minimum Gasteiger partial charge on any atom is -0.857 e. The molecule has 1 aromatic carbocycles. The fourth-order valence-electron chi connectivity index (χ4n) is 4.12. The number of hydrogen-bond acceptors (Lipinski definition) is 13. The first-order chi connectivity index (χ1) is 27.0. The van der Waals surface area contributed by atoms with Gasteiger partial charge in [-0.1, -0.05) is 147 Å². The van der Waals surface area contributed by atoms with Crippen LogP contribution >= 0.6 is 34.2 Å². The number of rotatable bonds is 6. The third kappa shape index (κ3) is 26.2. The molecule has 5 rings (SSSR count). The first-order valence-electron chi connectivity index (χ1n) is 18.4. The topological polar surface area (TPSA) is 163 Å². The molecule has 0 saturated heterocycles. The summed E-state index contributed by atoms with van der Waals surface area (Å²) in [7, 11) is 5.50. The van der Waals surface area contributed by atoms with Crippen molar-refractivity contribution in [2.24, 2.45) is 0 Å². The van der Waals surface area contributed by atoms with E-state index in [0.717, 1.165) is 39.0 Å². The molecule has 0 radical (unpaired) electrons. The maximum absolute atomic E-state index is 8.25. The Labute approximate surface area is 434 Å². The summed E-state index contributed by atoms with van der Waals surface area (Å²) >= 11 is 7.79. The molecule has 0 saturated carbocycles. The Morgan fingerprint density at radius 3 is 1.30 bits per heavy atom. The molecule has 0 bridgehead atoms. The summed E-state index contributed by atoms with van der Waals surface area (Å²) in [5, 5.41) is 40.7. The molecule has 352 valence electrons. The Hall–Kier alpha value is -2.62. The van der Waals surface area contributed by atoms with Gasteiger partial charge >= 0.3 is 29.6 Å². The second-order valence-electron chi connectivity index (χ2n) is 16.7. The SMILES string of the molecule is C.C.C.CC(C)(C)c1ccc(Cl)nn1.COc1ccc(C(C)(C)C)nn1.COc1nnc(C(C)(C)C)cc1I.COc1nnc(C(C)(C)C)cc1OCc1ccccc1.C[O-].[Na+].[Pd]. The van der Waals surface area contributed by atoms with Crippen LogP contribution in [0.5, 0.6) is 23.4 Å². The molecule has 0 amide bonds. The van der Waals surface area contributed by atoms with Gasteiger partial charge in [-0.25, -0.2) is 0 Å². The van der Waals surface area contributed by atoms with Gasteiger partial charge in [0.05, 0.1) is 47.7 Å². The number of methoxy groups -OCH3 is 3. The van der Waals surface area contributed by atoms with Crippen LogP contribution in [0.25, 0.3) is 0 Å². The minimum atomic E-state index is -0.0792. The van der Waals surface area contributed by atoms with Crippen molar-refractivity contribution in [3.63, 3.8) is 0 Å². The van der Waals surface area contributed by atoms with Crippen molar-refractivity contribution >= 4 is 34.2 Å². The van der Waals surface area contributed by atoms with Gasteiger partial charge in [-0.2, -0.15) is 27.5 Å². The first kappa shape index (κ1) is 69.4. The second kappa shape index (κ2) is 32.9. The molecular weight excluding hydrogens is 1040 g/mol. The van der Waals surface area contributed by atoms with Gasteiger partial charge in [0.25, 0.3) is 5.88 Å². The van der Waals surface area contributed by atoms with E-state index in [9.17, 15) is 0 Å². The molecule has 0 spiro atoms. The molecule has 13 nitrogen and oxygen atoms in total. The van der Waals surface area contributed by atoms with Gasteiger partial charge in [-0.05, 0) is 52.4 Å². The van der Waals surface area contributed by atoms with Crippen molar-refractivity contribution in [3.05, 3.63) is 104 Å². The van der Waals surface area contributed by atoms with Crippen molar-refractivity contribution in [1.29, 1.82) is 0 Å². The van der Waals surface area contributed by atoms with Crippen molar-refractivity contribution < 1.29 is 74.0 Å². The van der Waals surface area contributed by atoms with Gasteiger partial charge in [-0.15, -0.1) is 20.4 Å². The van der Waals surface area contributed by atoms with Gasteiger partial charge in [0.1, 0.15) is 6.61 Å². The molecule has 0 aliphatic carbocycles. The summed E-state index contributed by atoms with van der Waals surface area (Å²) in [6.45, 7) is 25.6.